The molecule has 0 spiro atoms. The number of aryl methyl sites for hydroxylation is 1. The molecular formula is C15H21NO3. The van der Waals surface area contributed by atoms with E-state index in [-0.39, 0.29) is 5.71 Å². The summed E-state index contributed by atoms with van der Waals surface area (Å²) in [5.74, 6) is -0.520. The molecular weight excluding hydrogens is 242 g/mol. The van der Waals surface area contributed by atoms with Gasteiger partial charge < -0.3 is 9.94 Å². The molecule has 0 aliphatic rings. The topological polar surface area (TPSA) is 58.9 Å². The fourth-order valence-corrected chi connectivity index (χ4v) is 1.85. The van der Waals surface area contributed by atoms with Crippen LogP contribution in [0.2, 0.25) is 0 Å². The molecule has 1 aromatic carbocycles. The fraction of sp³-hybridized carbons (Fsp3) is 0.467. The van der Waals surface area contributed by atoms with Crippen LogP contribution in [0.1, 0.15) is 38.2 Å². The summed E-state index contributed by atoms with van der Waals surface area (Å²) in [6.45, 7) is 2.03. The van der Waals surface area contributed by atoms with Crippen LogP contribution in [0, 0.1) is 0 Å². The Bertz CT molecular complexity index is 401. The molecule has 1 aromatic rings. The summed E-state index contributed by atoms with van der Waals surface area (Å²) in [5, 5.41) is 11.7. The number of oxime groups is 1. The molecule has 1 rings (SSSR count). The number of rotatable bonds is 8. The Labute approximate surface area is 114 Å². The molecule has 0 bridgehead atoms. The minimum absolute atomic E-state index is 0.113. The lowest BCUT2D eigenvalue weighted by atomic mass is 10.1. The molecule has 104 valence electrons. The molecule has 4 heteroatoms. The number of carbonyl (C=O) groups excluding carboxylic acids is 1. The third-order valence-corrected chi connectivity index (χ3v) is 2.85. The summed E-state index contributed by atoms with van der Waals surface area (Å²) in [6.07, 6.45) is 4.37. The van der Waals surface area contributed by atoms with E-state index < -0.39 is 5.97 Å². The first-order chi connectivity index (χ1) is 9.27. The SMILES string of the molecule is CCOC(=O)C(CCCCCc1ccccc1)=NO. The van der Waals surface area contributed by atoms with Gasteiger partial charge in [-0.2, -0.15) is 0 Å². The molecule has 1 N–H and O–H groups in total. The molecule has 19 heavy (non-hydrogen) atoms. The Kier molecular flexibility index (Phi) is 7.32. The monoisotopic (exact) mass is 263 g/mol. The summed E-state index contributed by atoms with van der Waals surface area (Å²) in [4.78, 5) is 11.3. The van der Waals surface area contributed by atoms with Gasteiger partial charge in [-0.3, -0.25) is 0 Å². The summed E-state index contributed by atoms with van der Waals surface area (Å²) >= 11 is 0. The van der Waals surface area contributed by atoms with E-state index in [1.807, 2.05) is 18.2 Å². The van der Waals surface area contributed by atoms with Crippen molar-refractivity contribution in [3.8, 4) is 0 Å². The molecule has 0 radical (unpaired) electrons. The fourth-order valence-electron chi connectivity index (χ4n) is 1.85. The molecule has 0 aliphatic carbocycles. The Hall–Kier alpha value is -1.84. The number of hydrogen-bond donors (Lipinski definition) is 1. The summed E-state index contributed by atoms with van der Waals surface area (Å²) in [5.41, 5.74) is 1.44. The number of hydrogen-bond acceptors (Lipinski definition) is 4. The van der Waals surface area contributed by atoms with Gasteiger partial charge in [0.2, 0.25) is 0 Å². The predicted octanol–water partition coefficient (Wildman–Crippen LogP) is 3.18. The third-order valence-electron chi connectivity index (χ3n) is 2.85. The van der Waals surface area contributed by atoms with Crippen LogP contribution < -0.4 is 0 Å². The van der Waals surface area contributed by atoms with Crippen LogP contribution >= 0.6 is 0 Å². The van der Waals surface area contributed by atoms with E-state index in [1.165, 1.54) is 5.56 Å². The molecule has 0 amide bonds. The van der Waals surface area contributed by atoms with Crippen molar-refractivity contribution in [3.63, 3.8) is 0 Å². The van der Waals surface area contributed by atoms with Crippen LogP contribution in [0.15, 0.2) is 35.5 Å². The van der Waals surface area contributed by atoms with E-state index in [9.17, 15) is 4.79 Å². The molecule has 0 saturated heterocycles. The van der Waals surface area contributed by atoms with Crippen LogP contribution in [-0.4, -0.2) is 23.5 Å². The predicted molar refractivity (Wildman–Crippen MR) is 74.5 cm³/mol. The van der Waals surface area contributed by atoms with Gasteiger partial charge in [0, 0.05) is 6.42 Å². The number of nitrogens with zero attached hydrogens (tertiary/aromatic N) is 1. The van der Waals surface area contributed by atoms with E-state index in [2.05, 4.69) is 17.3 Å². The van der Waals surface area contributed by atoms with Gasteiger partial charge in [-0.05, 0) is 31.7 Å². The van der Waals surface area contributed by atoms with Gasteiger partial charge in [0.05, 0.1) is 6.61 Å². The first-order valence-corrected chi connectivity index (χ1v) is 6.70. The average molecular weight is 263 g/mol. The molecule has 0 atom stereocenters. The Morgan fingerprint density at radius 1 is 1.21 bits per heavy atom. The lowest BCUT2D eigenvalue weighted by Crippen LogP contribution is -2.17. The van der Waals surface area contributed by atoms with Gasteiger partial charge in [0.15, 0.2) is 5.71 Å². The second-order valence-corrected chi connectivity index (χ2v) is 4.31. The summed E-state index contributed by atoms with van der Waals surface area (Å²) in [7, 11) is 0. The largest absolute Gasteiger partial charge is 0.461 e. The summed E-state index contributed by atoms with van der Waals surface area (Å²) in [6, 6.07) is 10.3. The van der Waals surface area contributed by atoms with Gasteiger partial charge >= 0.3 is 5.97 Å². The zero-order valence-electron chi connectivity index (χ0n) is 11.3. The molecule has 0 fully saturated rings. The normalized spacial score (nSPS) is 11.3. The number of benzene rings is 1. The average Bonchev–Trinajstić information content (AvgIpc) is 2.44. The second kappa shape index (κ2) is 9.14. The van der Waals surface area contributed by atoms with E-state index >= 15 is 0 Å². The molecule has 0 heterocycles. The number of ether oxygens (including phenoxy) is 1. The molecule has 0 saturated carbocycles. The molecule has 0 unspecified atom stereocenters. The maximum absolute atomic E-state index is 11.3. The first-order valence-electron chi connectivity index (χ1n) is 6.70. The van der Waals surface area contributed by atoms with E-state index in [4.69, 9.17) is 9.94 Å². The Balaban J connectivity index is 2.18. The highest BCUT2D eigenvalue weighted by Gasteiger charge is 2.12. The van der Waals surface area contributed by atoms with Crippen molar-refractivity contribution in [3.05, 3.63) is 35.9 Å². The van der Waals surface area contributed by atoms with E-state index in [0.29, 0.717) is 13.0 Å². The quantitative estimate of drug-likeness (QED) is 0.258. The Morgan fingerprint density at radius 3 is 2.58 bits per heavy atom. The lowest BCUT2D eigenvalue weighted by Gasteiger charge is -2.04. The lowest BCUT2D eigenvalue weighted by molar-refractivity contribution is -0.135. The van der Waals surface area contributed by atoms with Gasteiger partial charge in [-0.1, -0.05) is 41.9 Å². The first kappa shape index (κ1) is 15.2. The van der Waals surface area contributed by atoms with Gasteiger partial charge in [0.1, 0.15) is 0 Å². The Morgan fingerprint density at radius 2 is 1.95 bits per heavy atom. The third kappa shape index (κ3) is 6.04. The zero-order valence-corrected chi connectivity index (χ0v) is 11.3. The molecule has 4 nitrogen and oxygen atoms in total. The minimum Gasteiger partial charge on any atom is -0.461 e. The van der Waals surface area contributed by atoms with Gasteiger partial charge in [0.25, 0.3) is 0 Å². The smallest absolute Gasteiger partial charge is 0.356 e. The number of esters is 1. The van der Waals surface area contributed by atoms with Crippen molar-refractivity contribution in [1.29, 1.82) is 0 Å². The van der Waals surface area contributed by atoms with Crippen molar-refractivity contribution in [1.82, 2.24) is 0 Å². The van der Waals surface area contributed by atoms with Crippen molar-refractivity contribution in [2.45, 2.75) is 39.0 Å². The highest BCUT2D eigenvalue weighted by atomic mass is 16.5. The van der Waals surface area contributed by atoms with Gasteiger partial charge in [-0.15, -0.1) is 0 Å². The van der Waals surface area contributed by atoms with Crippen LogP contribution in [0.3, 0.4) is 0 Å². The maximum atomic E-state index is 11.3. The maximum Gasteiger partial charge on any atom is 0.356 e. The van der Waals surface area contributed by atoms with Crippen molar-refractivity contribution < 1.29 is 14.7 Å². The van der Waals surface area contributed by atoms with Crippen LogP contribution in [-0.2, 0) is 16.0 Å². The second-order valence-electron chi connectivity index (χ2n) is 4.31. The van der Waals surface area contributed by atoms with Crippen LogP contribution in [0.5, 0.6) is 0 Å². The highest BCUT2D eigenvalue weighted by molar-refractivity contribution is 6.36. The minimum atomic E-state index is -0.520. The number of carbonyl (C=O) groups is 1. The van der Waals surface area contributed by atoms with Crippen LogP contribution in [0.25, 0.3) is 0 Å². The van der Waals surface area contributed by atoms with Gasteiger partial charge in [-0.25, -0.2) is 4.79 Å². The summed E-state index contributed by atoms with van der Waals surface area (Å²) < 4.78 is 4.79. The molecule has 0 aliphatic heterocycles. The number of unbranched alkanes of at least 4 members (excludes halogenated alkanes) is 2. The van der Waals surface area contributed by atoms with E-state index in [1.54, 1.807) is 6.92 Å². The van der Waals surface area contributed by atoms with Crippen molar-refractivity contribution >= 4 is 11.7 Å². The van der Waals surface area contributed by atoms with Crippen LogP contribution in [0.4, 0.5) is 0 Å². The van der Waals surface area contributed by atoms with E-state index in [0.717, 1.165) is 25.7 Å². The highest BCUT2D eigenvalue weighted by Crippen LogP contribution is 2.08. The van der Waals surface area contributed by atoms with Crippen molar-refractivity contribution in [2.75, 3.05) is 6.61 Å². The zero-order chi connectivity index (χ0) is 13.9. The standard InChI is InChI=1S/C15H21NO3/c1-2-19-15(17)14(16-18)12-8-4-7-11-13-9-5-3-6-10-13/h3,5-6,9-10,18H,2,4,7-8,11-12H2,1H3. The molecule has 0 aromatic heterocycles. The van der Waals surface area contributed by atoms with Crippen molar-refractivity contribution in [2.24, 2.45) is 5.16 Å².